The van der Waals surface area contributed by atoms with Crippen molar-refractivity contribution in [1.82, 2.24) is 10.6 Å². The van der Waals surface area contributed by atoms with Crippen LogP contribution < -0.4 is 15.4 Å². The number of ether oxygens (including phenoxy) is 1. The van der Waals surface area contributed by atoms with E-state index in [1.165, 1.54) is 24.8 Å². The standard InChI is InChI=1S/C23H32N2O3/c1-15-3-4-20(7-16(15)2)28-14-21(26)24-5-6-25-22(27)23-11-17-8-18(12-23)10-19(9-17)13-23/h3-4,7,17-19H,5-6,8-14H2,1-2H3,(H,24,26)(H,25,27). The smallest absolute Gasteiger partial charge is 0.258 e. The van der Waals surface area contributed by atoms with Crippen LogP contribution in [-0.4, -0.2) is 31.5 Å². The molecule has 2 amide bonds. The largest absolute Gasteiger partial charge is 0.484 e. The van der Waals surface area contributed by atoms with Gasteiger partial charge < -0.3 is 15.4 Å². The maximum Gasteiger partial charge on any atom is 0.258 e. The first-order valence-electron chi connectivity index (χ1n) is 10.7. The molecule has 0 unspecified atom stereocenters. The van der Waals surface area contributed by atoms with Crippen LogP contribution in [0.3, 0.4) is 0 Å². The Bertz CT molecular complexity index is 723. The highest BCUT2D eigenvalue weighted by atomic mass is 16.5. The van der Waals surface area contributed by atoms with Gasteiger partial charge >= 0.3 is 0 Å². The molecule has 4 aliphatic carbocycles. The molecule has 0 saturated heterocycles. The molecule has 0 heterocycles. The van der Waals surface area contributed by atoms with Gasteiger partial charge in [-0.05, 0) is 93.4 Å². The molecule has 4 saturated carbocycles. The van der Waals surface area contributed by atoms with Crippen molar-refractivity contribution in [3.63, 3.8) is 0 Å². The average molecular weight is 385 g/mol. The monoisotopic (exact) mass is 384 g/mol. The van der Waals surface area contributed by atoms with Gasteiger partial charge in [0.1, 0.15) is 5.75 Å². The van der Waals surface area contributed by atoms with Crippen LogP contribution in [0, 0.1) is 37.0 Å². The van der Waals surface area contributed by atoms with Crippen LogP contribution in [0.15, 0.2) is 18.2 Å². The van der Waals surface area contributed by atoms with E-state index in [0.29, 0.717) is 18.8 Å². The van der Waals surface area contributed by atoms with Gasteiger partial charge in [0.25, 0.3) is 5.91 Å². The molecule has 0 aliphatic heterocycles. The quantitative estimate of drug-likeness (QED) is 0.710. The fourth-order valence-electron chi connectivity index (χ4n) is 5.96. The average Bonchev–Trinajstić information content (AvgIpc) is 2.65. The van der Waals surface area contributed by atoms with Crippen molar-refractivity contribution in [3.05, 3.63) is 29.3 Å². The molecule has 0 spiro atoms. The minimum absolute atomic E-state index is 0.00851. The number of rotatable bonds is 7. The van der Waals surface area contributed by atoms with Crippen molar-refractivity contribution in [2.75, 3.05) is 19.7 Å². The molecule has 0 atom stereocenters. The molecule has 5 rings (SSSR count). The Hall–Kier alpha value is -2.04. The summed E-state index contributed by atoms with van der Waals surface area (Å²) in [7, 11) is 0. The van der Waals surface area contributed by atoms with Crippen molar-refractivity contribution in [3.8, 4) is 5.75 Å². The van der Waals surface area contributed by atoms with Crippen LogP contribution in [0.25, 0.3) is 0 Å². The van der Waals surface area contributed by atoms with E-state index in [0.717, 1.165) is 42.6 Å². The molecule has 28 heavy (non-hydrogen) atoms. The number of benzene rings is 1. The summed E-state index contributed by atoms with van der Waals surface area (Å²) in [6, 6.07) is 5.80. The molecule has 1 aromatic rings. The summed E-state index contributed by atoms with van der Waals surface area (Å²) < 4.78 is 5.55. The van der Waals surface area contributed by atoms with Gasteiger partial charge in [-0.3, -0.25) is 9.59 Å². The van der Waals surface area contributed by atoms with Crippen LogP contribution in [-0.2, 0) is 9.59 Å². The van der Waals surface area contributed by atoms with E-state index in [1.54, 1.807) is 0 Å². The van der Waals surface area contributed by atoms with Crippen molar-refractivity contribution < 1.29 is 14.3 Å². The molecule has 5 heteroatoms. The number of carbonyl (C=O) groups excluding carboxylic acids is 2. The third-order valence-electron chi connectivity index (χ3n) is 7.10. The highest BCUT2D eigenvalue weighted by molar-refractivity contribution is 5.83. The molecular weight excluding hydrogens is 352 g/mol. The van der Waals surface area contributed by atoms with Gasteiger partial charge in [0.15, 0.2) is 6.61 Å². The van der Waals surface area contributed by atoms with Crippen LogP contribution in [0.1, 0.15) is 49.7 Å². The van der Waals surface area contributed by atoms with Gasteiger partial charge in [0.2, 0.25) is 5.91 Å². The van der Waals surface area contributed by atoms with E-state index in [-0.39, 0.29) is 23.8 Å². The van der Waals surface area contributed by atoms with Crippen molar-refractivity contribution >= 4 is 11.8 Å². The molecule has 2 N–H and O–H groups in total. The summed E-state index contributed by atoms with van der Waals surface area (Å²) in [5.41, 5.74) is 2.22. The molecule has 4 aliphatic rings. The number of nitrogens with one attached hydrogen (secondary N) is 2. The van der Waals surface area contributed by atoms with Gasteiger partial charge in [0.05, 0.1) is 0 Å². The van der Waals surface area contributed by atoms with Gasteiger partial charge in [-0.15, -0.1) is 0 Å². The topological polar surface area (TPSA) is 67.4 Å². The molecule has 4 bridgehead atoms. The molecule has 0 radical (unpaired) electrons. The number of hydrogen-bond acceptors (Lipinski definition) is 3. The SMILES string of the molecule is Cc1ccc(OCC(=O)NCCNC(=O)C23CC4CC(CC(C4)C2)C3)cc1C. The van der Waals surface area contributed by atoms with E-state index in [2.05, 4.69) is 10.6 Å². The first-order valence-corrected chi connectivity index (χ1v) is 10.7. The van der Waals surface area contributed by atoms with Gasteiger partial charge in [-0.25, -0.2) is 0 Å². The molecular formula is C23H32N2O3. The molecule has 5 nitrogen and oxygen atoms in total. The van der Waals surface area contributed by atoms with E-state index in [1.807, 2.05) is 32.0 Å². The normalized spacial score (nSPS) is 30.1. The Morgan fingerprint density at radius 1 is 0.964 bits per heavy atom. The Morgan fingerprint density at radius 3 is 2.18 bits per heavy atom. The second-order valence-electron chi connectivity index (χ2n) is 9.34. The zero-order valence-electron chi connectivity index (χ0n) is 17.1. The predicted molar refractivity (Wildman–Crippen MR) is 108 cm³/mol. The maximum absolute atomic E-state index is 12.9. The Balaban J connectivity index is 1.17. The summed E-state index contributed by atoms with van der Waals surface area (Å²) >= 11 is 0. The van der Waals surface area contributed by atoms with Crippen molar-refractivity contribution in [2.24, 2.45) is 23.2 Å². The second-order valence-corrected chi connectivity index (χ2v) is 9.34. The highest BCUT2D eigenvalue weighted by Crippen LogP contribution is 2.60. The lowest BCUT2D eigenvalue weighted by Gasteiger charge is -2.55. The molecule has 4 fully saturated rings. The minimum atomic E-state index is -0.165. The van der Waals surface area contributed by atoms with E-state index >= 15 is 0 Å². The summed E-state index contributed by atoms with van der Waals surface area (Å²) in [5.74, 6) is 3.04. The molecule has 1 aromatic carbocycles. The first-order chi connectivity index (χ1) is 13.4. The minimum Gasteiger partial charge on any atom is -0.484 e. The summed E-state index contributed by atoms with van der Waals surface area (Å²) in [5, 5.41) is 5.92. The lowest BCUT2D eigenvalue weighted by atomic mass is 9.49. The van der Waals surface area contributed by atoms with Crippen molar-refractivity contribution in [1.29, 1.82) is 0 Å². The van der Waals surface area contributed by atoms with Crippen LogP contribution in [0.2, 0.25) is 0 Å². The summed E-state index contributed by atoms with van der Waals surface area (Å²) in [4.78, 5) is 24.8. The van der Waals surface area contributed by atoms with Gasteiger partial charge in [-0.1, -0.05) is 6.07 Å². The zero-order chi connectivity index (χ0) is 19.7. The number of hydrogen-bond donors (Lipinski definition) is 2. The van der Waals surface area contributed by atoms with E-state index in [9.17, 15) is 9.59 Å². The molecule has 0 aromatic heterocycles. The van der Waals surface area contributed by atoms with Crippen LogP contribution in [0.5, 0.6) is 5.75 Å². The number of carbonyl (C=O) groups is 2. The maximum atomic E-state index is 12.9. The lowest BCUT2D eigenvalue weighted by Crippen LogP contribution is -2.54. The molecule has 152 valence electrons. The predicted octanol–water partition coefficient (Wildman–Crippen LogP) is 3.13. The summed E-state index contributed by atoms with van der Waals surface area (Å²) in [6.07, 6.45) is 7.22. The number of aryl methyl sites for hydroxylation is 2. The first kappa shape index (κ1) is 19.3. The highest BCUT2D eigenvalue weighted by Gasteiger charge is 2.54. The Labute approximate surface area is 167 Å². The third-order valence-corrected chi connectivity index (χ3v) is 7.10. The zero-order valence-corrected chi connectivity index (χ0v) is 17.1. The van der Waals surface area contributed by atoms with E-state index in [4.69, 9.17) is 4.74 Å². The Morgan fingerprint density at radius 2 is 1.57 bits per heavy atom. The van der Waals surface area contributed by atoms with Crippen LogP contribution >= 0.6 is 0 Å². The van der Waals surface area contributed by atoms with Gasteiger partial charge in [-0.2, -0.15) is 0 Å². The van der Waals surface area contributed by atoms with Gasteiger partial charge in [0, 0.05) is 18.5 Å². The third kappa shape index (κ3) is 4.03. The van der Waals surface area contributed by atoms with E-state index < -0.39 is 0 Å². The Kier molecular flexibility index (Phi) is 5.35. The fraction of sp³-hybridized carbons (Fsp3) is 0.652. The second kappa shape index (κ2) is 7.76. The number of amides is 2. The summed E-state index contributed by atoms with van der Waals surface area (Å²) in [6.45, 7) is 4.98. The fourth-order valence-corrected chi connectivity index (χ4v) is 5.96. The van der Waals surface area contributed by atoms with Crippen molar-refractivity contribution in [2.45, 2.75) is 52.4 Å². The lowest BCUT2D eigenvalue weighted by molar-refractivity contribution is -0.146. The van der Waals surface area contributed by atoms with Crippen LogP contribution in [0.4, 0.5) is 0 Å².